The van der Waals surface area contributed by atoms with E-state index in [9.17, 15) is 0 Å². The molecule has 8 heavy (non-hydrogen) atoms. The van der Waals surface area contributed by atoms with Crippen LogP contribution in [0.5, 0.6) is 0 Å². The summed E-state index contributed by atoms with van der Waals surface area (Å²) in [6.07, 6.45) is 5.83. The molecular formula is C7H15O. The smallest absolute Gasteiger partial charge is 0.0799 e. The summed E-state index contributed by atoms with van der Waals surface area (Å²) in [5.74, 6) is 0. The van der Waals surface area contributed by atoms with Gasteiger partial charge in [-0.2, -0.15) is 0 Å². The Kier molecular flexibility index (Phi) is 6.93. The van der Waals surface area contributed by atoms with Gasteiger partial charge < -0.3 is 5.11 Å². The molecule has 0 rings (SSSR count). The number of aliphatic hydroxyl groups excluding tert-OH is 1. The van der Waals surface area contributed by atoms with Crippen molar-refractivity contribution < 1.29 is 5.11 Å². The van der Waals surface area contributed by atoms with Gasteiger partial charge in [-0.3, -0.25) is 0 Å². The third kappa shape index (κ3) is 5.96. The fraction of sp³-hybridized carbons (Fsp3) is 0.857. The fourth-order valence-electron chi connectivity index (χ4n) is 0.662. The molecule has 0 aliphatic carbocycles. The Morgan fingerprint density at radius 3 is 2.50 bits per heavy atom. The molecule has 0 aliphatic rings. The minimum Gasteiger partial charge on any atom is -0.390 e. The number of hydrogen-bond acceptors (Lipinski definition) is 1. The zero-order valence-electron chi connectivity index (χ0n) is 5.56. The standard InChI is InChI=1S/C7H15O/c1-2-3-4-5-6-7-8/h7-8H,2-6H2,1H3. The maximum Gasteiger partial charge on any atom is 0.0799 e. The molecule has 0 aromatic heterocycles. The lowest BCUT2D eigenvalue weighted by Crippen LogP contribution is -1.76. The van der Waals surface area contributed by atoms with Crippen molar-refractivity contribution in [3.63, 3.8) is 0 Å². The van der Waals surface area contributed by atoms with Crippen LogP contribution in [-0.4, -0.2) is 5.11 Å². The molecule has 1 N–H and O–H groups in total. The number of aliphatic hydroxyl groups is 1. The van der Waals surface area contributed by atoms with Crippen LogP contribution in [0.15, 0.2) is 0 Å². The van der Waals surface area contributed by atoms with Gasteiger partial charge in [0.1, 0.15) is 0 Å². The van der Waals surface area contributed by atoms with Gasteiger partial charge in [-0.25, -0.2) is 0 Å². The molecule has 1 heteroatoms. The van der Waals surface area contributed by atoms with Gasteiger partial charge in [0.15, 0.2) is 0 Å². The molecule has 1 nitrogen and oxygen atoms in total. The Labute approximate surface area is 51.7 Å². The lowest BCUT2D eigenvalue weighted by Gasteiger charge is -1.93. The van der Waals surface area contributed by atoms with E-state index >= 15 is 0 Å². The van der Waals surface area contributed by atoms with Crippen molar-refractivity contribution in [2.75, 3.05) is 0 Å². The van der Waals surface area contributed by atoms with Crippen LogP contribution in [0.3, 0.4) is 0 Å². The summed E-state index contributed by atoms with van der Waals surface area (Å²) in [5, 5.41) is 8.24. The first-order valence-corrected chi connectivity index (χ1v) is 3.37. The Morgan fingerprint density at radius 2 is 2.00 bits per heavy atom. The quantitative estimate of drug-likeness (QED) is 0.546. The molecule has 0 bridgehead atoms. The average Bonchev–Trinajstić information content (AvgIpc) is 1.81. The van der Waals surface area contributed by atoms with Crippen molar-refractivity contribution in [3.05, 3.63) is 6.61 Å². The van der Waals surface area contributed by atoms with Crippen LogP contribution in [0.4, 0.5) is 0 Å². The van der Waals surface area contributed by atoms with Crippen LogP contribution >= 0.6 is 0 Å². The molecule has 1 radical (unpaired) electrons. The highest BCUT2D eigenvalue weighted by Crippen LogP contribution is 2.01. The van der Waals surface area contributed by atoms with Crippen molar-refractivity contribution in [1.29, 1.82) is 0 Å². The van der Waals surface area contributed by atoms with Gasteiger partial charge in [-0.15, -0.1) is 0 Å². The predicted molar refractivity (Wildman–Crippen MR) is 35.0 cm³/mol. The highest BCUT2D eigenvalue weighted by molar-refractivity contribution is 4.47. The number of rotatable bonds is 5. The zero-order valence-corrected chi connectivity index (χ0v) is 5.56. The van der Waals surface area contributed by atoms with Crippen LogP contribution in [0, 0.1) is 6.61 Å². The molecule has 0 unspecified atom stereocenters. The van der Waals surface area contributed by atoms with Crippen LogP contribution in [-0.2, 0) is 0 Å². The van der Waals surface area contributed by atoms with Crippen molar-refractivity contribution >= 4 is 0 Å². The monoisotopic (exact) mass is 115 g/mol. The van der Waals surface area contributed by atoms with Gasteiger partial charge in [-0.1, -0.05) is 32.6 Å². The van der Waals surface area contributed by atoms with E-state index in [0.717, 1.165) is 12.8 Å². The zero-order chi connectivity index (χ0) is 6.24. The second-order valence-electron chi connectivity index (χ2n) is 2.03. The molecule has 49 valence electrons. The summed E-state index contributed by atoms with van der Waals surface area (Å²) < 4.78 is 0. The summed E-state index contributed by atoms with van der Waals surface area (Å²) in [4.78, 5) is 0. The summed E-state index contributed by atoms with van der Waals surface area (Å²) in [6.45, 7) is 3.43. The number of unbranched alkanes of at least 4 members (excludes halogenated alkanes) is 4. The van der Waals surface area contributed by atoms with E-state index in [0.29, 0.717) is 0 Å². The largest absolute Gasteiger partial charge is 0.390 e. The normalized spacial score (nSPS) is 9.75. The number of hydrogen-bond donors (Lipinski definition) is 1. The van der Waals surface area contributed by atoms with E-state index in [4.69, 9.17) is 5.11 Å². The highest BCUT2D eigenvalue weighted by atomic mass is 16.2. The van der Waals surface area contributed by atoms with Crippen LogP contribution in [0.25, 0.3) is 0 Å². The molecule has 0 saturated carbocycles. The molecule has 0 fully saturated rings. The predicted octanol–water partition coefficient (Wildman–Crippen LogP) is 2.49. The first-order valence-electron chi connectivity index (χ1n) is 3.37. The first kappa shape index (κ1) is 7.96. The van der Waals surface area contributed by atoms with Crippen molar-refractivity contribution in [1.82, 2.24) is 0 Å². The van der Waals surface area contributed by atoms with Crippen molar-refractivity contribution in [2.24, 2.45) is 0 Å². The summed E-state index contributed by atoms with van der Waals surface area (Å²) in [5.41, 5.74) is 0. The second-order valence-corrected chi connectivity index (χ2v) is 2.03. The minimum absolute atomic E-state index is 0.861. The van der Waals surface area contributed by atoms with E-state index in [-0.39, 0.29) is 0 Å². The summed E-state index contributed by atoms with van der Waals surface area (Å²) >= 11 is 0. The summed E-state index contributed by atoms with van der Waals surface area (Å²) in [7, 11) is 0. The lowest BCUT2D eigenvalue weighted by atomic mass is 10.2. The first-order chi connectivity index (χ1) is 3.91. The molecule has 0 aromatic carbocycles. The minimum atomic E-state index is 0.861. The fourth-order valence-corrected chi connectivity index (χ4v) is 0.662. The van der Waals surface area contributed by atoms with Gasteiger partial charge >= 0.3 is 0 Å². The van der Waals surface area contributed by atoms with Crippen molar-refractivity contribution in [3.8, 4) is 0 Å². The molecule has 0 aliphatic heterocycles. The van der Waals surface area contributed by atoms with Crippen LogP contribution in [0.2, 0.25) is 0 Å². The van der Waals surface area contributed by atoms with E-state index in [1.54, 1.807) is 0 Å². The van der Waals surface area contributed by atoms with Gasteiger partial charge in [0.25, 0.3) is 0 Å². The van der Waals surface area contributed by atoms with Crippen LogP contribution < -0.4 is 0 Å². The molecule has 0 saturated heterocycles. The maximum absolute atomic E-state index is 8.24. The Bertz CT molecular complexity index is 29.4. The SMILES string of the molecule is CCCCCC[CH]O. The molecule has 0 spiro atoms. The Hall–Kier alpha value is -0.0400. The third-order valence-corrected chi connectivity index (χ3v) is 1.19. The maximum atomic E-state index is 8.24. The van der Waals surface area contributed by atoms with Gasteiger partial charge in [-0.05, 0) is 6.42 Å². The van der Waals surface area contributed by atoms with E-state index in [2.05, 4.69) is 6.92 Å². The second kappa shape index (κ2) is 6.96. The van der Waals surface area contributed by atoms with Crippen LogP contribution in [0.1, 0.15) is 39.0 Å². The summed E-state index contributed by atoms with van der Waals surface area (Å²) in [6, 6.07) is 0. The molecule has 0 atom stereocenters. The van der Waals surface area contributed by atoms with E-state index in [1.165, 1.54) is 25.9 Å². The molecule has 0 heterocycles. The van der Waals surface area contributed by atoms with Crippen molar-refractivity contribution in [2.45, 2.75) is 39.0 Å². The molecule has 0 amide bonds. The van der Waals surface area contributed by atoms with E-state index in [1.807, 2.05) is 0 Å². The lowest BCUT2D eigenvalue weighted by molar-refractivity contribution is 0.367. The Morgan fingerprint density at radius 1 is 1.25 bits per heavy atom. The molecule has 0 aromatic rings. The Balaban J connectivity index is 2.53. The van der Waals surface area contributed by atoms with Gasteiger partial charge in [0, 0.05) is 0 Å². The van der Waals surface area contributed by atoms with Gasteiger partial charge in [0.05, 0.1) is 6.61 Å². The third-order valence-electron chi connectivity index (χ3n) is 1.19. The highest BCUT2D eigenvalue weighted by Gasteiger charge is 1.84. The topological polar surface area (TPSA) is 20.2 Å². The van der Waals surface area contributed by atoms with Gasteiger partial charge in [0.2, 0.25) is 0 Å². The average molecular weight is 115 g/mol. The van der Waals surface area contributed by atoms with E-state index < -0.39 is 0 Å². The molecular weight excluding hydrogens is 100 g/mol.